The van der Waals surface area contributed by atoms with Crippen LogP contribution >= 0.6 is 11.6 Å². The van der Waals surface area contributed by atoms with Gasteiger partial charge in [0.15, 0.2) is 0 Å². The summed E-state index contributed by atoms with van der Waals surface area (Å²) in [6.07, 6.45) is 2.75. The van der Waals surface area contributed by atoms with E-state index in [4.69, 9.17) is 21.1 Å². The summed E-state index contributed by atoms with van der Waals surface area (Å²) >= 11 is 6.07. The van der Waals surface area contributed by atoms with E-state index in [9.17, 15) is 4.39 Å². The van der Waals surface area contributed by atoms with Crippen LogP contribution in [0.4, 0.5) is 10.1 Å². The minimum atomic E-state index is -0.371. The Labute approximate surface area is 121 Å². The van der Waals surface area contributed by atoms with Crippen LogP contribution in [0.5, 0.6) is 11.5 Å². The van der Waals surface area contributed by atoms with Gasteiger partial charge in [-0.3, -0.25) is 4.98 Å². The van der Waals surface area contributed by atoms with E-state index in [0.717, 1.165) is 11.8 Å². The molecule has 0 saturated carbocycles. The van der Waals surface area contributed by atoms with Gasteiger partial charge < -0.3 is 14.8 Å². The van der Waals surface area contributed by atoms with Gasteiger partial charge in [-0.25, -0.2) is 4.39 Å². The van der Waals surface area contributed by atoms with Crippen LogP contribution in [-0.4, -0.2) is 19.2 Å². The van der Waals surface area contributed by atoms with Gasteiger partial charge >= 0.3 is 0 Å². The van der Waals surface area contributed by atoms with Gasteiger partial charge in [-0.2, -0.15) is 0 Å². The molecule has 6 heteroatoms. The summed E-state index contributed by atoms with van der Waals surface area (Å²) in [5.74, 6) is 0.751. The zero-order chi connectivity index (χ0) is 14.5. The molecular weight excluding hydrogens is 283 g/mol. The zero-order valence-corrected chi connectivity index (χ0v) is 11.9. The van der Waals surface area contributed by atoms with Crippen molar-refractivity contribution in [3.05, 3.63) is 47.0 Å². The van der Waals surface area contributed by atoms with Crippen molar-refractivity contribution in [1.82, 2.24) is 4.98 Å². The van der Waals surface area contributed by atoms with Crippen LogP contribution in [0, 0.1) is 5.82 Å². The summed E-state index contributed by atoms with van der Waals surface area (Å²) in [5, 5.41) is 3.59. The monoisotopic (exact) mass is 296 g/mol. The maximum absolute atomic E-state index is 13.0. The van der Waals surface area contributed by atoms with Gasteiger partial charge in [0.1, 0.15) is 17.3 Å². The Morgan fingerprint density at radius 1 is 1.15 bits per heavy atom. The minimum absolute atomic E-state index is 0.371. The topological polar surface area (TPSA) is 43.4 Å². The normalized spacial score (nSPS) is 10.2. The molecule has 0 atom stereocenters. The fourth-order valence-electron chi connectivity index (χ4n) is 1.75. The number of rotatable bonds is 5. The molecule has 4 nitrogen and oxygen atoms in total. The molecule has 0 aliphatic carbocycles. The van der Waals surface area contributed by atoms with Crippen LogP contribution in [0.1, 0.15) is 5.56 Å². The Bertz CT molecular complexity index is 608. The minimum Gasteiger partial charge on any atom is -0.495 e. The Kier molecular flexibility index (Phi) is 4.63. The lowest BCUT2D eigenvalue weighted by atomic mass is 10.2. The van der Waals surface area contributed by atoms with E-state index >= 15 is 0 Å². The predicted octanol–water partition coefficient (Wildman–Crippen LogP) is 3.50. The van der Waals surface area contributed by atoms with Gasteiger partial charge in [-0.15, -0.1) is 0 Å². The SMILES string of the molecule is COc1cc(OC)c(NCc2cncc(F)c2)cc1Cl. The summed E-state index contributed by atoms with van der Waals surface area (Å²) < 4.78 is 23.4. The lowest BCUT2D eigenvalue weighted by Crippen LogP contribution is -2.02. The fourth-order valence-corrected chi connectivity index (χ4v) is 1.99. The van der Waals surface area contributed by atoms with Crippen molar-refractivity contribution in [2.45, 2.75) is 6.54 Å². The summed E-state index contributed by atoms with van der Waals surface area (Å²) in [5.41, 5.74) is 1.42. The Morgan fingerprint density at radius 2 is 1.90 bits per heavy atom. The Morgan fingerprint density at radius 3 is 2.55 bits per heavy atom. The molecule has 106 valence electrons. The first kappa shape index (κ1) is 14.4. The van der Waals surface area contributed by atoms with Crippen molar-refractivity contribution in [2.24, 2.45) is 0 Å². The maximum Gasteiger partial charge on any atom is 0.145 e. The first-order valence-electron chi connectivity index (χ1n) is 5.89. The Hall–Kier alpha value is -2.01. The van der Waals surface area contributed by atoms with Crippen LogP contribution in [0.25, 0.3) is 0 Å². The highest BCUT2D eigenvalue weighted by Crippen LogP contribution is 2.36. The lowest BCUT2D eigenvalue weighted by molar-refractivity contribution is 0.395. The molecule has 1 aromatic heterocycles. The zero-order valence-electron chi connectivity index (χ0n) is 11.1. The summed E-state index contributed by atoms with van der Waals surface area (Å²) in [6, 6.07) is 4.80. The molecule has 0 bridgehead atoms. The molecule has 0 saturated heterocycles. The van der Waals surface area contributed by atoms with E-state index in [-0.39, 0.29) is 5.82 Å². The van der Waals surface area contributed by atoms with Crippen molar-refractivity contribution in [1.29, 1.82) is 0 Å². The van der Waals surface area contributed by atoms with Gasteiger partial charge in [0.25, 0.3) is 0 Å². The maximum atomic E-state index is 13.0. The number of pyridine rings is 1. The van der Waals surface area contributed by atoms with Gasteiger partial charge in [-0.05, 0) is 17.7 Å². The second-order valence-electron chi connectivity index (χ2n) is 4.05. The molecule has 0 fully saturated rings. The van der Waals surface area contributed by atoms with Gasteiger partial charge in [0, 0.05) is 18.8 Å². The van der Waals surface area contributed by atoms with Crippen LogP contribution in [0.2, 0.25) is 5.02 Å². The highest BCUT2D eigenvalue weighted by Gasteiger charge is 2.09. The molecule has 20 heavy (non-hydrogen) atoms. The van der Waals surface area contributed by atoms with E-state index in [1.807, 2.05) is 0 Å². The van der Waals surface area contributed by atoms with Gasteiger partial charge in [0.2, 0.25) is 0 Å². The number of nitrogens with one attached hydrogen (secondary N) is 1. The molecule has 0 spiro atoms. The van der Waals surface area contributed by atoms with Crippen molar-refractivity contribution < 1.29 is 13.9 Å². The lowest BCUT2D eigenvalue weighted by Gasteiger charge is -2.13. The van der Waals surface area contributed by atoms with Crippen molar-refractivity contribution >= 4 is 17.3 Å². The van der Waals surface area contributed by atoms with E-state index in [2.05, 4.69) is 10.3 Å². The highest BCUT2D eigenvalue weighted by atomic mass is 35.5. The van der Waals surface area contributed by atoms with Crippen LogP contribution in [-0.2, 0) is 6.54 Å². The molecule has 1 aromatic carbocycles. The van der Waals surface area contributed by atoms with Crippen molar-refractivity contribution in [3.63, 3.8) is 0 Å². The predicted molar refractivity (Wildman–Crippen MR) is 76.1 cm³/mol. The summed E-state index contributed by atoms with van der Waals surface area (Å²) in [6.45, 7) is 0.407. The standard InChI is InChI=1S/C14H14ClFN2O2/c1-19-13-5-14(20-2)12(4-11(13)15)18-7-9-3-10(16)8-17-6-9/h3-6,8,18H,7H2,1-2H3. The molecule has 0 aliphatic heterocycles. The molecule has 1 N–H and O–H groups in total. The molecule has 1 heterocycles. The number of methoxy groups -OCH3 is 2. The van der Waals surface area contributed by atoms with E-state index in [0.29, 0.717) is 28.8 Å². The number of hydrogen-bond donors (Lipinski definition) is 1. The van der Waals surface area contributed by atoms with Crippen LogP contribution in [0.3, 0.4) is 0 Å². The third kappa shape index (κ3) is 3.30. The number of benzene rings is 1. The third-order valence-corrected chi connectivity index (χ3v) is 3.01. The average molecular weight is 297 g/mol. The number of halogens is 2. The smallest absolute Gasteiger partial charge is 0.145 e. The quantitative estimate of drug-likeness (QED) is 0.917. The van der Waals surface area contributed by atoms with E-state index < -0.39 is 0 Å². The van der Waals surface area contributed by atoms with Crippen molar-refractivity contribution in [3.8, 4) is 11.5 Å². The number of hydrogen-bond acceptors (Lipinski definition) is 4. The fraction of sp³-hybridized carbons (Fsp3) is 0.214. The summed E-state index contributed by atoms with van der Waals surface area (Å²) in [7, 11) is 3.09. The number of aromatic nitrogens is 1. The van der Waals surface area contributed by atoms with E-state index in [1.165, 1.54) is 13.2 Å². The average Bonchev–Trinajstić information content (AvgIpc) is 2.45. The molecule has 2 aromatic rings. The second-order valence-corrected chi connectivity index (χ2v) is 4.46. The number of nitrogens with zero attached hydrogens (tertiary/aromatic N) is 1. The Balaban J connectivity index is 2.18. The third-order valence-electron chi connectivity index (χ3n) is 2.72. The molecular formula is C14H14ClFN2O2. The molecule has 0 unspecified atom stereocenters. The van der Waals surface area contributed by atoms with Crippen LogP contribution in [0.15, 0.2) is 30.6 Å². The van der Waals surface area contributed by atoms with E-state index in [1.54, 1.807) is 25.4 Å². The molecule has 2 rings (SSSR count). The first-order valence-corrected chi connectivity index (χ1v) is 6.26. The number of ether oxygens (including phenoxy) is 2. The van der Waals surface area contributed by atoms with Gasteiger partial charge in [0.05, 0.1) is 31.1 Å². The second kappa shape index (κ2) is 6.43. The highest BCUT2D eigenvalue weighted by molar-refractivity contribution is 6.32. The largest absolute Gasteiger partial charge is 0.495 e. The van der Waals surface area contributed by atoms with Crippen LogP contribution < -0.4 is 14.8 Å². The molecule has 0 aliphatic rings. The summed E-state index contributed by atoms with van der Waals surface area (Å²) in [4.78, 5) is 3.79. The van der Waals surface area contributed by atoms with Crippen molar-refractivity contribution in [2.75, 3.05) is 19.5 Å². The molecule has 0 amide bonds. The number of anilines is 1. The molecule has 0 radical (unpaired) electrons. The first-order chi connectivity index (χ1) is 9.63. The van der Waals surface area contributed by atoms with Gasteiger partial charge in [-0.1, -0.05) is 11.6 Å².